The molecule has 15 heavy (non-hydrogen) atoms. The number of esters is 1. The normalized spacial score (nSPS) is 11.3. The summed E-state index contributed by atoms with van der Waals surface area (Å²) in [5, 5.41) is 6.42. The van der Waals surface area contributed by atoms with Crippen molar-refractivity contribution in [3.8, 4) is 0 Å². The lowest BCUT2D eigenvalue weighted by molar-refractivity contribution is -0.137. The predicted molar refractivity (Wildman–Crippen MR) is 53.0 cm³/mol. The van der Waals surface area contributed by atoms with E-state index in [2.05, 4.69) is 15.5 Å². The van der Waals surface area contributed by atoms with Crippen LogP contribution in [-0.4, -0.2) is 22.7 Å². The zero-order chi connectivity index (χ0) is 11.3. The number of nitrogens with zero attached hydrogens (tertiary/aromatic N) is 2. The van der Waals surface area contributed by atoms with Crippen molar-refractivity contribution in [2.45, 2.75) is 20.8 Å². The number of hydrogen-bond acceptors (Lipinski definition) is 6. The van der Waals surface area contributed by atoms with Crippen molar-refractivity contribution in [3.05, 3.63) is 17.7 Å². The fraction of sp³-hybridized carbons (Fsp3) is 0.444. The summed E-state index contributed by atoms with van der Waals surface area (Å²) in [4.78, 5) is 15.0. The Balaban J connectivity index is 2.55. The van der Waals surface area contributed by atoms with Crippen molar-refractivity contribution >= 4 is 11.9 Å². The quantitative estimate of drug-likeness (QED) is 0.596. The van der Waals surface area contributed by atoms with Crippen molar-refractivity contribution in [2.75, 3.05) is 11.9 Å². The highest BCUT2D eigenvalue weighted by molar-refractivity contribution is 5.83. The van der Waals surface area contributed by atoms with Crippen LogP contribution in [0.4, 0.5) is 5.95 Å². The van der Waals surface area contributed by atoms with Crippen LogP contribution in [0.25, 0.3) is 0 Å². The lowest BCUT2D eigenvalue weighted by Crippen LogP contribution is -2.04. The molecule has 0 radical (unpaired) electrons. The maximum Gasteiger partial charge on any atom is 0.332 e. The third-order valence-corrected chi connectivity index (χ3v) is 1.46. The van der Waals surface area contributed by atoms with Crippen molar-refractivity contribution in [2.24, 2.45) is 0 Å². The molecule has 0 atom stereocenters. The van der Waals surface area contributed by atoms with Crippen molar-refractivity contribution in [1.82, 2.24) is 10.1 Å². The number of rotatable bonds is 4. The third kappa shape index (κ3) is 3.80. The van der Waals surface area contributed by atoms with E-state index in [9.17, 15) is 4.79 Å². The standard InChI is InChI=1S/C9H13N3O3/c1-4-14-8(13)5-6(2)10-9-11-7(3)15-12-9/h5H,4H2,1-3H3,(H,10,12)/b6-5+. The molecule has 1 N–H and O–H groups in total. The van der Waals surface area contributed by atoms with Gasteiger partial charge in [0.1, 0.15) is 0 Å². The third-order valence-electron chi connectivity index (χ3n) is 1.46. The predicted octanol–water partition coefficient (Wildman–Crippen LogP) is 1.26. The lowest BCUT2D eigenvalue weighted by atomic mass is 10.4. The monoisotopic (exact) mass is 211 g/mol. The van der Waals surface area contributed by atoms with Gasteiger partial charge in [-0.3, -0.25) is 0 Å². The van der Waals surface area contributed by atoms with Gasteiger partial charge in [0.2, 0.25) is 5.89 Å². The Hall–Kier alpha value is -1.85. The van der Waals surface area contributed by atoms with Crippen LogP contribution in [0.15, 0.2) is 16.3 Å². The van der Waals surface area contributed by atoms with Crippen molar-refractivity contribution in [3.63, 3.8) is 0 Å². The molecule has 0 aliphatic rings. The Kier molecular flexibility index (Phi) is 3.84. The molecular formula is C9H13N3O3. The van der Waals surface area contributed by atoms with Gasteiger partial charge in [0.05, 0.1) is 6.61 Å². The fourth-order valence-corrected chi connectivity index (χ4v) is 0.923. The van der Waals surface area contributed by atoms with E-state index < -0.39 is 5.97 Å². The topological polar surface area (TPSA) is 77.2 Å². The zero-order valence-corrected chi connectivity index (χ0v) is 8.90. The summed E-state index contributed by atoms with van der Waals surface area (Å²) in [5.41, 5.74) is 0.592. The van der Waals surface area contributed by atoms with Gasteiger partial charge in [-0.05, 0) is 19.0 Å². The van der Waals surface area contributed by atoms with Gasteiger partial charge in [-0.1, -0.05) is 0 Å². The molecule has 1 aromatic heterocycles. The number of nitrogens with one attached hydrogen (secondary N) is 1. The van der Waals surface area contributed by atoms with E-state index in [1.165, 1.54) is 6.08 Å². The second-order valence-electron chi connectivity index (χ2n) is 2.84. The van der Waals surface area contributed by atoms with Crippen molar-refractivity contribution < 1.29 is 14.1 Å². The molecule has 0 spiro atoms. The smallest absolute Gasteiger partial charge is 0.332 e. The Bertz CT molecular complexity index is 370. The van der Waals surface area contributed by atoms with Crippen LogP contribution in [0.1, 0.15) is 19.7 Å². The minimum Gasteiger partial charge on any atom is -0.463 e. The number of hydrogen-bond donors (Lipinski definition) is 1. The number of anilines is 1. The maximum atomic E-state index is 11.0. The molecular weight excluding hydrogens is 198 g/mol. The van der Waals surface area contributed by atoms with Gasteiger partial charge >= 0.3 is 5.97 Å². The molecule has 6 heteroatoms. The minimum absolute atomic E-state index is 0.325. The van der Waals surface area contributed by atoms with E-state index in [0.717, 1.165) is 0 Å². The summed E-state index contributed by atoms with van der Waals surface area (Å²) < 4.78 is 9.49. The average molecular weight is 211 g/mol. The zero-order valence-electron chi connectivity index (χ0n) is 8.90. The summed E-state index contributed by atoms with van der Waals surface area (Å²) in [6, 6.07) is 0. The van der Waals surface area contributed by atoms with Crippen LogP contribution in [0.2, 0.25) is 0 Å². The number of carbonyl (C=O) groups excluding carboxylic acids is 1. The lowest BCUT2D eigenvalue weighted by Gasteiger charge is -2.00. The Morgan fingerprint density at radius 3 is 2.93 bits per heavy atom. The first kappa shape index (κ1) is 11.2. The molecule has 1 rings (SSSR count). The molecule has 1 heterocycles. The average Bonchev–Trinajstić information content (AvgIpc) is 2.51. The molecule has 0 unspecified atom stereocenters. The largest absolute Gasteiger partial charge is 0.463 e. The summed E-state index contributed by atoms with van der Waals surface area (Å²) in [6.07, 6.45) is 1.33. The number of carbonyl (C=O) groups is 1. The van der Waals surface area contributed by atoms with Gasteiger partial charge in [-0.2, -0.15) is 4.98 Å². The molecule has 0 saturated heterocycles. The first-order chi connectivity index (χ1) is 7.11. The molecule has 82 valence electrons. The maximum absolute atomic E-state index is 11.0. The number of allylic oxidation sites excluding steroid dienone is 1. The molecule has 0 fully saturated rings. The first-order valence-electron chi connectivity index (χ1n) is 4.54. The fourth-order valence-electron chi connectivity index (χ4n) is 0.923. The van der Waals surface area contributed by atoms with Gasteiger partial charge in [0, 0.05) is 18.7 Å². The summed E-state index contributed by atoms with van der Waals surface area (Å²) in [7, 11) is 0. The van der Waals surface area contributed by atoms with Crippen LogP contribution < -0.4 is 5.32 Å². The van der Waals surface area contributed by atoms with Crippen LogP contribution in [0, 0.1) is 6.92 Å². The van der Waals surface area contributed by atoms with E-state index in [-0.39, 0.29) is 0 Å². The van der Waals surface area contributed by atoms with E-state index in [1.807, 2.05) is 0 Å². The van der Waals surface area contributed by atoms with E-state index in [4.69, 9.17) is 9.26 Å². The summed E-state index contributed by atoms with van der Waals surface area (Å²) >= 11 is 0. The molecule has 0 saturated carbocycles. The summed E-state index contributed by atoms with van der Waals surface area (Å²) in [6.45, 7) is 5.49. The second kappa shape index (κ2) is 5.14. The van der Waals surface area contributed by atoms with Crippen LogP contribution in [0.3, 0.4) is 0 Å². The molecule has 0 bridgehead atoms. The van der Waals surface area contributed by atoms with Gasteiger partial charge in [-0.15, -0.1) is 0 Å². The van der Waals surface area contributed by atoms with Gasteiger partial charge in [-0.25, -0.2) is 4.79 Å². The van der Waals surface area contributed by atoms with E-state index in [1.54, 1.807) is 20.8 Å². The molecule has 0 amide bonds. The Morgan fingerprint density at radius 1 is 1.67 bits per heavy atom. The molecule has 0 aliphatic heterocycles. The summed E-state index contributed by atoms with van der Waals surface area (Å²) in [5.74, 6) is 0.384. The number of aryl methyl sites for hydroxylation is 1. The van der Waals surface area contributed by atoms with E-state index >= 15 is 0 Å². The first-order valence-corrected chi connectivity index (χ1v) is 4.54. The van der Waals surface area contributed by atoms with Crippen LogP contribution in [-0.2, 0) is 9.53 Å². The van der Waals surface area contributed by atoms with Gasteiger partial charge in [0.25, 0.3) is 5.95 Å². The highest BCUT2D eigenvalue weighted by atomic mass is 16.5. The Labute approximate surface area is 87.3 Å². The van der Waals surface area contributed by atoms with E-state index in [0.29, 0.717) is 24.1 Å². The highest BCUT2D eigenvalue weighted by Crippen LogP contribution is 2.04. The highest BCUT2D eigenvalue weighted by Gasteiger charge is 2.03. The van der Waals surface area contributed by atoms with Crippen LogP contribution >= 0.6 is 0 Å². The number of ether oxygens (including phenoxy) is 1. The van der Waals surface area contributed by atoms with Crippen LogP contribution in [0.5, 0.6) is 0 Å². The molecule has 0 aliphatic carbocycles. The Morgan fingerprint density at radius 2 is 2.40 bits per heavy atom. The minimum atomic E-state index is -0.400. The van der Waals surface area contributed by atoms with Crippen molar-refractivity contribution in [1.29, 1.82) is 0 Å². The number of aromatic nitrogens is 2. The van der Waals surface area contributed by atoms with Gasteiger partial charge < -0.3 is 14.6 Å². The molecule has 6 nitrogen and oxygen atoms in total. The second-order valence-corrected chi connectivity index (χ2v) is 2.84. The SMILES string of the molecule is CCOC(=O)/C=C(\C)Nc1noc(C)n1. The molecule has 1 aromatic rings. The van der Waals surface area contributed by atoms with Gasteiger partial charge in [0.15, 0.2) is 0 Å². The molecule has 0 aromatic carbocycles.